The minimum absolute atomic E-state index is 0.248. The van der Waals surface area contributed by atoms with Crippen molar-refractivity contribution in [2.75, 3.05) is 19.0 Å². The Labute approximate surface area is 139 Å². The number of benzene rings is 2. The van der Waals surface area contributed by atoms with Gasteiger partial charge in [-0.3, -0.25) is 4.79 Å². The predicted molar refractivity (Wildman–Crippen MR) is 91.3 cm³/mol. The molecule has 118 valence electrons. The summed E-state index contributed by atoms with van der Waals surface area (Å²) in [6.45, 7) is 0.720. The SMILES string of the molecule is COc1ccc(Cl)cc1NC(=O)/C=C/c1ccc2c(c1)CCO2. The molecule has 1 heterocycles. The molecule has 0 unspecified atom stereocenters. The highest BCUT2D eigenvalue weighted by Gasteiger charge is 2.11. The van der Waals surface area contributed by atoms with Gasteiger partial charge in [-0.25, -0.2) is 0 Å². The minimum atomic E-state index is -0.248. The number of hydrogen-bond donors (Lipinski definition) is 1. The van der Waals surface area contributed by atoms with Gasteiger partial charge in [0.2, 0.25) is 5.91 Å². The van der Waals surface area contributed by atoms with E-state index in [1.807, 2.05) is 18.2 Å². The molecular weight excluding hydrogens is 314 g/mol. The quantitative estimate of drug-likeness (QED) is 0.864. The Balaban J connectivity index is 1.71. The van der Waals surface area contributed by atoms with Gasteiger partial charge in [-0.05, 0) is 47.5 Å². The maximum atomic E-state index is 12.1. The smallest absolute Gasteiger partial charge is 0.248 e. The van der Waals surface area contributed by atoms with Gasteiger partial charge in [0.25, 0.3) is 0 Å². The number of rotatable bonds is 4. The topological polar surface area (TPSA) is 47.6 Å². The third kappa shape index (κ3) is 3.66. The number of ether oxygens (including phenoxy) is 2. The molecule has 5 heteroatoms. The number of anilines is 1. The van der Waals surface area contributed by atoms with Crippen molar-refractivity contribution in [2.45, 2.75) is 6.42 Å². The predicted octanol–water partition coefficient (Wildman–Crippen LogP) is 3.94. The first-order valence-corrected chi connectivity index (χ1v) is 7.62. The van der Waals surface area contributed by atoms with E-state index in [0.29, 0.717) is 16.5 Å². The lowest BCUT2D eigenvalue weighted by Gasteiger charge is -2.09. The Morgan fingerprint density at radius 2 is 2.17 bits per heavy atom. The lowest BCUT2D eigenvalue weighted by Crippen LogP contribution is -2.08. The van der Waals surface area contributed by atoms with Gasteiger partial charge >= 0.3 is 0 Å². The van der Waals surface area contributed by atoms with E-state index in [0.717, 1.165) is 24.3 Å². The molecule has 0 atom stereocenters. The Bertz CT molecular complexity index is 771. The number of halogens is 1. The van der Waals surface area contributed by atoms with Crippen LogP contribution in [-0.4, -0.2) is 19.6 Å². The van der Waals surface area contributed by atoms with E-state index in [-0.39, 0.29) is 5.91 Å². The van der Waals surface area contributed by atoms with Crippen LogP contribution < -0.4 is 14.8 Å². The van der Waals surface area contributed by atoms with Crippen LogP contribution in [0.5, 0.6) is 11.5 Å². The number of hydrogen-bond acceptors (Lipinski definition) is 3. The molecule has 0 saturated carbocycles. The second-order valence-corrected chi connectivity index (χ2v) is 5.57. The van der Waals surface area contributed by atoms with Gasteiger partial charge in [-0.15, -0.1) is 0 Å². The number of methoxy groups -OCH3 is 1. The molecule has 0 aliphatic carbocycles. The summed E-state index contributed by atoms with van der Waals surface area (Å²) in [6, 6.07) is 11.0. The first-order chi connectivity index (χ1) is 11.2. The third-order valence-corrected chi connectivity index (χ3v) is 3.80. The summed E-state index contributed by atoms with van der Waals surface area (Å²) in [5, 5.41) is 3.30. The molecule has 1 N–H and O–H groups in total. The first-order valence-electron chi connectivity index (χ1n) is 7.24. The molecule has 1 amide bonds. The van der Waals surface area contributed by atoms with Crippen LogP contribution in [0, 0.1) is 0 Å². The van der Waals surface area contributed by atoms with Gasteiger partial charge in [0.05, 0.1) is 19.4 Å². The van der Waals surface area contributed by atoms with Crippen molar-refractivity contribution in [1.29, 1.82) is 0 Å². The lowest BCUT2D eigenvalue weighted by atomic mass is 10.1. The molecule has 1 aliphatic rings. The lowest BCUT2D eigenvalue weighted by molar-refractivity contribution is -0.111. The number of nitrogens with one attached hydrogen (secondary N) is 1. The van der Waals surface area contributed by atoms with E-state index in [4.69, 9.17) is 21.1 Å². The van der Waals surface area contributed by atoms with E-state index >= 15 is 0 Å². The van der Waals surface area contributed by atoms with Crippen LogP contribution in [0.1, 0.15) is 11.1 Å². The standard InChI is InChI=1S/C18H16ClNO3/c1-22-17-6-4-14(19)11-15(17)20-18(21)7-3-12-2-5-16-13(10-12)8-9-23-16/h2-7,10-11H,8-9H2,1H3,(H,20,21)/b7-3+. The van der Waals surface area contributed by atoms with Gasteiger partial charge < -0.3 is 14.8 Å². The van der Waals surface area contributed by atoms with E-state index in [1.54, 1.807) is 31.4 Å². The van der Waals surface area contributed by atoms with Crippen molar-refractivity contribution in [2.24, 2.45) is 0 Å². The zero-order valence-corrected chi connectivity index (χ0v) is 13.4. The van der Waals surface area contributed by atoms with Gasteiger partial charge in [-0.2, -0.15) is 0 Å². The normalized spacial score (nSPS) is 12.8. The van der Waals surface area contributed by atoms with E-state index in [2.05, 4.69) is 5.32 Å². The highest BCUT2D eigenvalue weighted by Crippen LogP contribution is 2.28. The molecule has 0 fully saturated rings. The summed E-state index contributed by atoms with van der Waals surface area (Å²) in [5.41, 5.74) is 2.67. The molecule has 0 aromatic heterocycles. The van der Waals surface area contributed by atoms with Crippen LogP contribution in [0.2, 0.25) is 5.02 Å². The summed E-state index contributed by atoms with van der Waals surface area (Å²) >= 11 is 5.95. The van der Waals surface area contributed by atoms with Crippen molar-refractivity contribution >= 4 is 29.3 Å². The molecule has 0 radical (unpaired) electrons. The molecule has 2 aromatic carbocycles. The van der Waals surface area contributed by atoms with Crippen molar-refractivity contribution in [3.05, 3.63) is 58.6 Å². The molecule has 0 spiro atoms. The fourth-order valence-corrected chi connectivity index (χ4v) is 2.61. The molecule has 2 aromatic rings. The van der Waals surface area contributed by atoms with Gasteiger partial charge in [-0.1, -0.05) is 17.7 Å². The van der Waals surface area contributed by atoms with Crippen LogP contribution >= 0.6 is 11.6 Å². The Hall–Kier alpha value is -2.46. The van der Waals surface area contributed by atoms with Gasteiger partial charge in [0.15, 0.2) is 0 Å². The highest BCUT2D eigenvalue weighted by molar-refractivity contribution is 6.31. The molecule has 4 nitrogen and oxygen atoms in total. The number of amides is 1. The van der Waals surface area contributed by atoms with Crippen molar-refractivity contribution in [3.8, 4) is 11.5 Å². The van der Waals surface area contributed by atoms with E-state index < -0.39 is 0 Å². The molecular formula is C18H16ClNO3. The second kappa shape index (κ2) is 6.75. The highest BCUT2D eigenvalue weighted by atomic mass is 35.5. The maximum absolute atomic E-state index is 12.1. The third-order valence-electron chi connectivity index (χ3n) is 3.56. The van der Waals surface area contributed by atoms with Crippen molar-refractivity contribution in [1.82, 2.24) is 0 Å². The van der Waals surface area contributed by atoms with Crippen molar-refractivity contribution in [3.63, 3.8) is 0 Å². The van der Waals surface area contributed by atoms with Gasteiger partial charge in [0.1, 0.15) is 11.5 Å². The van der Waals surface area contributed by atoms with E-state index in [1.165, 1.54) is 11.6 Å². The van der Waals surface area contributed by atoms with Crippen LogP contribution in [0.3, 0.4) is 0 Å². The molecule has 1 aliphatic heterocycles. The monoisotopic (exact) mass is 329 g/mol. The number of carbonyl (C=O) groups is 1. The largest absolute Gasteiger partial charge is 0.495 e. The maximum Gasteiger partial charge on any atom is 0.248 e. The molecule has 3 rings (SSSR count). The van der Waals surface area contributed by atoms with E-state index in [9.17, 15) is 4.79 Å². The Kier molecular flexibility index (Phi) is 4.53. The minimum Gasteiger partial charge on any atom is -0.495 e. The number of carbonyl (C=O) groups excluding carboxylic acids is 1. The Morgan fingerprint density at radius 1 is 1.30 bits per heavy atom. The van der Waals surface area contributed by atoms with Crippen LogP contribution in [0.4, 0.5) is 5.69 Å². The fraction of sp³-hybridized carbons (Fsp3) is 0.167. The van der Waals surface area contributed by atoms with Crippen molar-refractivity contribution < 1.29 is 14.3 Å². The summed E-state index contributed by atoms with van der Waals surface area (Å²) in [4.78, 5) is 12.1. The molecule has 0 saturated heterocycles. The summed E-state index contributed by atoms with van der Waals surface area (Å²) in [7, 11) is 1.54. The Morgan fingerprint density at radius 3 is 3.00 bits per heavy atom. The van der Waals surface area contributed by atoms with Gasteiger partial charge in [0, 0.05) is 17.5 Å². The second-order valence-electron chi connectivity index (χ2n) is 5.13. The average molecular weight is 330 g/mol. The fourth-order valence-electron chi connectivity index (χ4n) is 2.43. The summed E-state index contributed by atoms with van der Waals surface area (Å²) < 4.78 is 10.7. The zero-order valence-electron chi connectivity index (χ0n) is 12.6. The summed E-state index contributed by atoms with van der Waals surface area (Å²) in [5.74, 6) is 1.24. The molecule has 0 bridgehead atoms. The first kappa shape index (κ1) is 15.4. The van der Waals surface area contributed by atoms with Crippen LogP contribution in [0.15, 0.2) is 42.5 Å². The number of fused-ring (bicyclic) bond motifs is 1. The van der Waals surface area contributed by atoms with Crippen LogP contribution in [-0.2, 0) is 11.2 Å². The average Bonchev–Trinajstić information content (AvgIpc) is 3.01. The zero-order chi connectivity index (χ0) is 16.2. The summed E-state index contributed by atoms with van der Waals surface area (Å²) in [6.07, 6.45) is 4.16. The van der Waals surface area contributed by atoms with Crippen LogP contribution in [0.25, 0.3) is 6.08 Å². The molecule has 23 heavy (non-hydrogen) atoms.